The molecule has 3 aromatic carbocycles. The summed E-state index contributed by atoms with van der Waals surface area (Å²) in [5, 5.41) is 0. The van der Waals surface area contributed by atoms with Gasteiger partial charge < -0.3 is 19.5 Å². The average Bonchev–Trinajstić information content (AvgIpc) is 3.32. The number of hydrogen-bond acceptors (Lipinski definition) is 4. The number of hydrogen-bond donors (Lipinski definition) is 1. The summed E-state index contributed by atoms with van der Waals surface area (Å²) in [7, 11) is 0. The van der Waals surface area contributed by atoms with Crippen molar-refractivity contribution in [1.82, 2.24) is 14.9 Å². The summed E-state index contributed by atoms with van der Waals surface area (Å²) in [6, 6.07) is 19.4. The first kappa shape index (κ1) is 25.4. The highest BCUT2D eigenvalue weighted by Gasteiger charge is 2.28. The van der Waals surface area contributed by atoms with Crippen LogP contribution in [0.3, 0.4) is 0 Å². The van der Waals surface area contributed by atoms with Gasteiger partial charge in [0, 0.05) is 38.3 Å². The summed E-state index contributed by atoms with van der Waals surface area (Å²) in [5.41, 5.74) is 6.53. The summed E-state index contributed by atoms with van der Waals surface area (Å²) < 4.78 is 19.5. The number of anilines is 1. The van der Waals surface area contributed by atoms with Crippen LogP contribution in [0.4, 0.5) is 10.1 Å². The van der Waals surface area contributed by atoms with Crippen LogP contribution < -0.4 is 9.64 Å². The van der Waals surface area contributed by atoms with Gasteiger partial charge in [0.15, 0.2) is 0 Å². The number of rotatable bonds is 4. The van der Waals surface area contributed by atoms with Gasteiger partial charge in [-0.3, -0.25) is 4.79 Å². The summed E-state index contributed by atoms with van der Waals surface area (Å²) in [5.74, 6) is 2.50. The number of nitrogens with zero attached hydrogens (tertiary/aromatic N) is 3. The van der Waals surface area contributed by atoms with Crippen LogP contribution in [-0.4, -0.2) is 53.6 Å². The largest absolute Gasteiger partial charge is 0.493 e. The van der Waals surface area contributed by atoms with Crippen LogP contribution in [0.15, 0.2) is 60.7 Å². The number of carbonyl (C=O) groups is 1. The summed E-state index contributed by atoms with van der Waals surface area (Å²) >= 11 is 0. The van der Waals surface area contributed by atoms with Crippen LogP contribution >= 0.6 is 0 Å². The molecule has 1 aromatic heterocycles. The molecule has 1 saturated heterocycles. The van der Waals surface area contributed by atoms with E-state index < -0.39 is 0 Å². The second kappa shape index (κ2) is 10.7. The van der Waals surface area contributed by atoms with Crippen molar-refractivity contribution in [3.05, 3.63) is 77.9 Å². The number of H-pyrrole nitrogens is 1. The van der Waals surface area contributed by atoms with E-state index in [1.165, 1.54) is 17.7 Å². The zero-order valence-corrected chi connectivity index (χ0v) is 22.6. The van der Waals surface area contributed by atoms with Crippen LogP contribution in [0.1, 0.15) is 31.2 Å². The molecule has 2 aliphatic heterocycles. The van der Waals surface area contributed by atoms with Crippen molar-refractivity contribution in [2.45, 2.75) is 33.1 Å². The van der Waals surface area contributed by atoms with Gasteiger partial charge in [-0.05, 0) is 96.8 Å². The van der Waals surface area contributed by atoms with Gasteiger partial charge in [0.25, 0.3) is 0 Å². The van der Waals surface area contributed by atoms with E-state index in [9.17, 15) is 9.18 Å². The lowest BCUT2D eigenvalue weighted by Gasteiger charge is -2.37. The molecule has 1 amide bonds. The maximum atomic E-state index is 13.3. The highest BCUT2D eigenvalue weighted by molar-refractivity contribution is 5.82. The lowest BCUT2D eigenvalue weighted by molar-refractivity contribution is -0.133. The average molecular weight is 527 g/mol. The Labute approximate surface area is 228 Å². The van der Waals surface area contributed by atoms with Crippen molar-refractivity contribution in [2.24, 2.45) is 11.8 Å². The maximum absolute atomic E-state index is 13.3. The van der Waals surface area contributed by atoms with E-state index >= 15 is 0 Å². The number of nitrogens with one attached hydrogen (secondary N) is 1. The SMILES string of the molecule is Cc1nc2ccc(-c3ccc4c(c3)CC(C)C(CC(=O)N3CCN(c5ccc(F)cc5)CC3)CCO4)cc2[nH]1. The quantitative estimate of drug-likeness (QED) is 0.355. The van der Waals surface area contributed by atoms with Gasteiger partial charge in [-0.25, -0.2) is 9.37 Å². The van der Waals surface area contributed by atoms with E-state index in [2.05, 4.69) is 58.2 Å². The molecule has 0 bridgehead atoms. The van der Waals surface area contributed by atoms with Gasteiger partial charge in [-0.2, -0.15) is 0 Å². The molecular formula is C32H35FN4O2. The van der Waals surface area contributed by atoms with Crippen molar-refractivity contribution in [3.63, 3.8) is 0 Å². The smallest absolute Gasteiger partial charge is 0.222 e. The van der Waals surface area contributed by atoms with Gasteiger partial charge >= 0.3 is 0 Å². The number of ether oxygens (including phenoxy) is 1. The Morgan fingerprint density at radius 3 is 2.56 bits per heavy atom. The topological polar surface area (TPSA) is 61.5 Å². The van der Waals surface area contributed by atoms with Crippen molar-refractivity contribution in [3.8, 4) is 16.9 Å². The van der Waals surface area contributed by atoms with Crippen LogP contribution in [0, 0.1) is 24.6 Å². The van der Waals surface area contributed by atoms with Gasteiger partial charge in [-0.15, -0.1) is 0 Å². The van der Waals surface area contributed by atoms with Gasteiger partial charge in [0.2, 0.25) is 5.91 Å². The number of halogens is 1. The first-order valence-electron chi connectivity index (χ1n) is 13.9. The Kier molecular flexibility index (Phi) is 6.98. The fourth-order valence-electron chi connectivity index (χ4n) is 6.02. The summed E-state index contributed by atoms with van der Waals surface area (Å²) in [6.07, 6.45) is 2.30. The fraction of sp³-hybridized carbons (Fsp3) is 0.375. The van der Waals surface area contributed by atoms with Gasteiger partial charge in [0.05, 0.1) is 17.6 Å². The minimum atomic E-state index is -0.227. The molecule has 7 heteroatoms. The zero-order chi connectivity index (χ0) is 26.9. The molecule has 0 spiro atoms. The number of aryl methyl sites for hydroxylation is 1. The zero-order valence-electron chi connectivity index (χ0n) is 22.6. The number of carbonyl (C=O) groups excluding carboxylic acids is 1. The molecule has 1 fully saturated rings. The lowest BCUT2D eigenvalue weighted by Crippen LogP contribution is -2.49. The van der Waals surface area contributed by atoms with Crippen LogP contribution in [0.5, 0.6) is 5.75 Å². The predicted octanol–water partition coefficient (Wildman–Crippen LogP) is 5.99. The normalized spacial score (nSPS) is 19.8. The molecule has 2 aliphatic rings. The Morgan fingerprint density at radius 1 is 1.03 bits per heavy atom. The van der Waals surface area contributed by atoms with Crippen molar-refractivity contribution >= 4 is 22.6 Å². The predicted molar refractivity (Wildman–Crippen MR) is 153 cm³/mol. The second-order valence-corrected chi connectivity index (χ2v) is 11.0. The number of benzene rings is 3. The molecule has 4 aromatic rings. The number of piperazine rings is 1. The first-order valence-corrected chi connectivity index (χ1v) is 13.9. The van der Waals surface area contributed by atoms with E-state index in [0.717, 1.165) is 65.4 Å². The monoisotopic (exact) mass is 526 g/mol. The van der Waals surface area contributed by atoms with Gasteiger partial charge in [0.1, 0.15) is 17.4 Å². The van der Waals surface area contributed by atoms with Crippen molar-refractivity contribution in [2.75, 3.05) is 37.7 Å². The molecule has 6 nitrogen and oxygen atoms in total. The van der Waals surface area contributed by atoms with Crippen LogP contribution in [-0.2, 0) is 11.2 Å². The summed E-state index contributed by atoms with van der Waals surface area (Å²) in [4.78, 5) is 25.4. The molecule has 39 heavy (non-hydrogen) atoms. The van der Waals surface area contributed by atoms with Crippen LogP contribution in [0.25, 0.3) is 22.2 Å². The molecule has 1 N–H and O–H groups in total. The fourth-order valence-corrected chi connectivity index (χ4v) is 6.02. The Hall–Kier alpha value is -3.87. The first-order chi connectivity index (χ1) is 18.9. The minimum absolute atomic E-state index is 0.225. The minimum Gasteiger partial charge on any atom is -0.493 e. The third-order valence-electron chi connectivity index (χ3n) is 8.35. The number of fused-ring (bicyclic) bond motifs is 2. The van der Waals surface area contributed by atoms with E-state index in [4.69, 9.17) is 4.74 Å². The third-order valence-corrected chi connectivity index (χ3v) is 8.35. The molecule has 2 atom stereocenters. The van der Waals surface area contributed by atoms with Crippen molar-refractivity contribution in [1.29, 1.82) is 0 Å². The Balaban J connectivity index is 1.10. The van der Waals surface area contributed by atoms with E-state index in [0.29, 0.717) is 32.0 Å². The van der Waals surface area contributed by atoms with E-state index in [-0.39, 0.29) is 17.6 Å². The second-order valence-electron chi connectivity index (χ2n) is 11.0. The molecule has 0 aliphatic carbocycles. The molecule has 3 heterocycles. The lowest BCUT2D eigenvalue weighted by atomic mass is 9.82. The highest BCUT2D eigenvalue weighted by atomic mass is 19.1. The molecule has 2 unspecified atom stereocenters. The van der Waals surface area contributed by atoms with Crippen LogP contribution in [0.2, 0.25) is 0 Å². The van der Waals surface area contributed by atoms with E-state index in [1.54, 1.807) is 0 Å². The third kappa shape index (κ3) is 5.49. The Morgan fingerprint density at radius 2 is 1.77 bits per heavy atom. The van der Waals surface area contributed by atoms with Crippen molar-refractivity contribution < 1.29 is 13.9 Å². The molecule has 6 rings (SSSR count). The molecule has 0 radical (unpaired) electrons. The highest BCUT2D eigenvalue weighted by Crippen LogP contribution is 2.35. The number of imidazole rings is 1. The Bertz CT molecular complexity index is 1470. The number of aromatic amines is 1. The molecular weight excluding hydrogens is 491 g/mol. The van der Waals surface area contributed by atoms with Gasteiger partial charge in [-0.1, -0.05) is 19.1 Å². The summed E-state index contributed by atoms with van der Waals surface area (Å²) in [6.45, 7) is 7.78. The standard InChI is InChI=1S/C32H35FN4O2/c1-21-17-26-18-24(25-3-9-29-30(19-25)35-22(2)34-29)4-10-31(26)39-16-11-23(21)20-32(38)37-14-12-36(13-15-37)28-7-5-27(33)6-8-28/h3-10,18-19,21,23H,11-17,20H2,1-2H3,(H,34,35). The molecule has 0 saturated carbocycles. The maximum Gasteiger partial charge on any atom is 0.222 e. The number of aromatic nitrogens is 2. The molecule has 202 valence electrons. The number of amides is 1. The van der Waals surface area contributed by atoms with E-state index in [1.807, 2.05) is 24.0 Å².